The molecule has 4 aromatic rings. The van der Waals surface area contributed by atoms with Crippen LogP contribution >= 0.6 is 0 Å². The number of aromatic amines is 2. The summed E-state index contributed by atoms with van der Waals surface area (Å²) in [5.74, 6) is 0.638. The molecule has 5 rings (SSSR count). The number of nitrogens with zero attached hydrogens (tertiary/aromatic N) is 2. The molecule has 5 nitrogen and oxygen atoms in total. The molecule has 29 heavy (non-hydrogen) atoms. The van der Waals surface area contributed by atoms with E-state index >= 15 is 0 Å². The zero-order valence-electron chi connectivity index (χ0n) is 16.9. The van der Waals surface area contributed by atoms with E-state index in [9.17, 15) is 4.79 Å². The molecule has 1 aliphatic heterocycles. The van der Waals surface area contributed by atoms with Gasteiger partial charge >= 0.3 is 5.69 Å². The van der Waals surface area contributed by atoms with Gasteiger partial charge in [0, 0.05) is 23.1 Å². The van der Waals surface area contributed by atoms with E-state index in [1.165, 1.54) is 35.0 Å². The van der Waals surface area contributed by atoms with E-state index in [1.807, 2.05) is 28.8 Å². The molecule has 2 aromatic heterocycles. The number of nitrogens with one attached hydrogen (secondary N) is 2. The highest BCUT2D eigenvalue weighted by Crippen LogP contribution is 2.35. The topological polar surface area (TPSA) is 56.8 Å². The van der Waals surface area contributed by atoms with Crippen molar-refractivity contribution in [2.45, 2.75) is 38.6 Å². The van der Waals surface area contributed by atoms with Crippen molar-refractivity contribution in [3.05, 3.63) is 70.3 Å². The molecule has 0 amide bonds. The number of benzene rings is 2. The monoisotopic (exact) mass is 388 g/mol. The minimum Gasteiger partial charge on any atom is -0.358 e. The Labute approximate surface area is 170 Å². The van der Waals surface area contributed by atoms with Crippen molar-refractivity contribution in [3.63, 3.8) is 0 Å². The Balaban J connectivity index is 1.20. The van der Waals surface area contributed by atoms with Gasteiger partial charge in [-0.1, -0.05) is 30.3 Å². The van der Waals surface area contributed by atoms with Gasteiger partial charge in [-0.3, -0.25) is 4.57 Å². The Hall–Kier alpha value is -2.79. The highest BCUT2D eigenvalue weighted by atomic mass is 16.1. The Morgan fingerprint density at radius 1 is 0.931 bits per heavy atom. The molecule has 150 valence electrons. The largest absolute Gasteiger partial charge is 0.358 e. The molecule has 0 spiro atoms. The average molecular weight is 389 g/mol. The lowest BCUT2D eigenvalue weighted by Crippen LogP contribution is -2.34. The van der Waals surface area contributed by atoms with Gasteiger partial charge in [-0.05, 0) is 75.5 Å². The summed E-state index contributed by atoms with van der Waals surface area (Å²) in [6, 6.07) is 16.6. The first-order valence-corrected chi connectivity index (χ1v) is 10.7. The second-order valence-corrected chi connectivity index (χ2v) is 8.28. The van der Waals surface area contributed by atoms with E-state index in [0.717, 1.165) is 43.6 Å². The second-order valence-electron chi connectivity index (χ2n) is 8.28. The van der Waals surface area contributed by atoms with E-state index in [4.69, 9.17) is 0 Å². The van der Waals surface area contributed by atoms with Gasteiger partial charge in [-0.2, -0.15) is 0 Å². The molecular weight excluding hydrogens is 360 g/mol. The number of aromatic nitrogens is 3. The van der Waals surface area contributed by atoms with Gasteiger partial charge in [-0.15, -0.1) is 0 Å². The molecule has 1 fully saturated rings. The van der Waals surface area contributed by atoms with E-state index in [2.05, 4.69) is 46.1 Å². The first kappa shape index (κ1) is 18.3. The van der Waals surface area contributed by atoms with E-state index in [1.54, 1.807) is 0 Å². The molecule has 0 radical (unpaired) electrons. The molecular formula is C24H28N4O. The van der Waals surface area contributed by atoms with Gasteiger partial charge < -0.3 is 14.9 Å². The Morgan fingerprint density at radius 3 is 2.48 bits per heavy atom. The zero-order chi connectivity index (χ0) is 19.8. The summed E-state index contributed by atoms with van der Waals surface area (Å²) < 4.78 is 1.87. The highest BCUT2D eigenvalue weighted by molar-refractivity contribution is 5.85. The zero-order valence-corrected chi connectivity index (χ0v) is 16.9. The van der Waals surface area contributed by atoms with Crippen molar-refractivity contribution in [2.75, 3.05) is 19.6 Å². The fourth-order valence-electron chi connectivity index (χ4n) is 5.05. The van der Waals surface area contributed by atoms with Crippen LogP contribution < -0.4 is 5.69 Å². The minimum absolute atomic E-state index is 0.000260. The van der Waals surface area contributed by atoms with E-state index in [-0.39, 0.29) is 5.69 Å². The third-order valence-corrected chi connectivity index (χ3v) is 6.48. The number of imidazole rings is 1. The van der Waals surface area contributed by atoms with Gasteiger partial charge in [-0.25, -0.2) is 4.79 Å². The first-order chi connectivity index (χ1) is 14.2. The Morgan fingerprint density at radius 2 is 1.66 bits per heavy atom. The standard InChI is InChI=1S/C24H28N4O/c1-17-23(19-7-2-3-8-20(19)25-17)18-11-15-27(16-12-18)13-6-14-28-22-10-5-4-9-21(22)26-24(28)29/h2-5,7-10,18,25H,6,11-16H2,1H3,(H,26,29). The van der Waals surface area contributed by atoms with Crippen molar-refractivity contribution in [3.8, 4) is 0 Å². The minimum atomic E-state index is -0.000260. The lowest BCUT2D eigenvalue weighted by atomic mass is 9.87. The predicted molar refractivity (Wildman–Crippen MR) is 119 cm³/mol. The predicted octanol–water partition coefficient (Wildman–Crippen LogP) is 4.39. The summed E-state index contributed by atoms with van der Waals surface area (Å²) >= 11 is 0. The molecule has 2 aromatic carbocycles. The normalized spacial score (nSPS) is 16.2. The fourth-order valence-corrected chi connectivity index (χ4v) is 5.05. The number of para-hydroxylation sites is 3. The summed E-state index contributed by atoms with van der Waals surface area (Å²) in [7, 11) is 0. The number of likely N-dealkylation sites (tertiary alicyclic amines) is 1. The number of fused-ring (bicyclic) bond motifs is 2. The second kappa shape index (κ2) is 7.56. The van der Waals surface area contributed by atoms with Crippen molar-refractivity contribution < 1.29 is 0 Å². The summed E-state index contributed by atoms with van der Waals surface area (Å²) in [4.78, 5) is 21.3. The fraction of sp³-hybridized carbons (Fsp3) is 0.375. The molecule has 2 N–H and O–H groups in total. The average Bonchev–Trinajstić information content (AvgIpc) is 3.24. The molecule has 0 saturated carbocycles. The summed E-state index contributed by atoms with van der Waals surface area (Å²) in [6.45, 7) is 6.29. The van der Waals surface area contributed by atoms with Crippen LogP contribution in [0.4, 0.5) is 0 Å². The van der Waals surface area contributed by atoms with Crippen LogP contribution in [-0.4, -0.2) is 39.1 Å². The quantitative estimate of drug-likeness (QED) is 0.533. The van der Waals surface area contributed by atoms with Gasteiger partial charge in [0.2, 0.25) is 0 Å². The van der Waals surface area contributed by atoms with Crippen molar-refractivity contribution >= 4 is 21.9 Å². The number of hydrogen-bond acceptors (Lipinski definition) is 2. The molecule has 1 saturated heterocycles. The van der Waals surface area contributed by atoms with Crippen molar-refractivity contribution in [1.29, 1.82) is 0 Å². The molecule has 3 heterocycles. The van der Waals surface area contributed by atoms with Crippen LogP contribution in [-0.2, 0) is 6.54 Å². The third kappa shape index (κ3) is 3.40. The van der Waals surface area contributed by atoms with E-state index < -0.39 is 0 Å². The lowest BCUT2D eigenvalue weighted by molar-refractivity contribution is 0.207. The van der Waals surface area contributed by atoms with Crippen molar-refractivity contribution in [1.82, 2.24) is 19.4 Å². The van der Waals surface area contributed by atoms with Crippen LogP contribution in [0, 0.1) is 6.92 Å². The molecule has 0 bridgehead atoms. The summed E-state index contributed by atoms with van der Waals surface area (Å²) in [6.07, 6.45) is 3.41. The van der Waals surface area contributed by atoms with Crippen molar-refractivity contribution in [2.24, 2.45) is 0 Å². The third-order valence-electron chi connectivity index (χ3n) is 6.48. The maximum Gasteiger partial charge on any atom is 0.326 e. The van der Waals surface area contributed by atoms with E-state index in [0.29, 0.717) is 5.92 Å². The molecule has 0 atom stereocenters. The number of piperidine rings is 1. The SMILES string of the molecule is Cc1[nH]c2ccccc2c1C1CCN(CCCn2c(=O)[nH]c3ccccc32)CC1. The van der Waals surface area contributed by atoms with Crippen LogP contribution in [0.5, 0.6) is 0 Å². The van der Waals surface area contributed by atoms with Gasteiger partial charge in [0.25, 0.3) is 0 Å². The van der Waals surface area contributed by atoms with Crippen LogP contribution in [0.15, 0.2) is 53.3 Å². The number of hydrogen-bond donors (Lipinski definition) is 2. The maximum absolute atomic E-state index is 12.2. The smallest absolute Gasteiger partial charge is 0.326 e. The molecule has 5 heteroatoms. The Kier molecular flexibility index (Phi) is 4.76. The van der Waals surface area contributed by atoms with Gasteiger partial charge in [0.05, 0.1) is 11.0 Å². The van der Waals surface area contributed by atoms with Crippen LogP contribution in [0.3, 0.4) is 0 Å². The summed E-state index contributed by atoms with van der Waals surface area (Å²) in [5.41, 5.74) is 6.03. The van der Waals surface area contributed by atoms with Gasteiger partial charge in [0.1, 0.15) is 0 Å². The van der Waals surface area contributed by atoms with Crippen LogP contribution in [0.1, 0.15) is 36.4 Å². The highest BCUT2D eigenvalue weighted by Gasteiger charge is 2.24. The number of rotatable bonds is 5. The number of H-pyrrole nitrogens is 2. The molecule has 1 aliphatic rings. The first-order valence-electron chi connectivity index (χ1n) is 10.7. The van der Waals surface area contributed by atoms with Crippen LogP contribution in [0.25, 0.3) is 21.9 Å². The van der Waals surface area contributed by atoms with Crippen LogP contribution in [0.2, 0.25) is 0 Å². The lowest BCUT2D eigenvalue weighted by Gasteiger charge is -2.32. The summed E-state index contributed by atoms with van der Waals surface area (Å²) in [5, 5.41) is 1.39. The molecule has 0 unspecified atom stereocenters. The maximum atomic E-state index is 12.2. The van der Waals surface area contributed by atoms with Gasteiger partial charge in [0.15, 0.2) is 0 Å². The molecule has 0 aliphatic carbocycles. The Bertz CT molecular complexity index is 1190. The number of aryl methyl sites for hydroxylation is 2.